The molecule has 14 heavy (non-hydrogen) atoms. The normalized spacial score (nSPS) is 40.1. The lowest BCUT2D eigenvalue weighted by atomic mass is 9.70. The molecule has 4 rings (SSSR count). The molecule has 3 atom stereocenters. The van der Waals surface area contributed by atoms with Crippen LogP contribution >= 0.6 is 0 Å². The standard InChI is InChI=1S/C12H17NO/c14-11(5-8-3-1-2-4-8)12-9-6-10(12)13-7-9/h1-2,8-10,12-13H,3-7H2. The molecule has 2 aliphatic carbocycles. The van der Waals surface area contributed by atoms with Crippen LogP contribution in [0.15, 0.2) is 12.2 Å². The molecule has 2 saturated heterocycles. The molecule has 1 saturated carbocycles. The van der Waals surface area contributed by atoms with E-state index in [1.165, 1.54) is 6.42 Å². The number of hydrogen-bond donors (Lipinski definition) is 1. The van der Waals surface area contributed by atoms with Crippen molar-refractivity contribution < 1.29 is 4.79 Å². The van der Waals surface area contributed by atoms with E-state index in [1.54, 1.807) is 0 Å². The zero-order valence-corrected chi connectivity index (χ0v) is 8.41. The first-order chi connectivity index (χ1) is 6.84. The summed E-state index contributed by atoms with van der Waals surface area (Å²) in [7, 11) is 0. The van der Waals surface area contributed by atoms with E-state index in [2.05, 4.69) is 17.5 Å². The third-order valence-electron chi connectivity index (χ3n) is 4.11. The molecule has 0 aromatic heterocycles. The van der Waals surface area contributed by atoms with E-state index in [0.717, 1.165) is 25.8 Å². The third kappa shape index (κ3) is 1.24. The van der Waals surface area contributed by atoms with E-state index in [1.807, 2.05) is 0 Å². The number of fused-ring (bicyclic) bond motifs is 1. The number of Topliss-reactive ketones (excluding diaryl/α,β-unsaturated/α-hetero) is 1. The summed E-state index contributed by atoms with van der Waals surface area (Å²) in [6, 6.07) is 0.543. The minimum absolute atomic E-state index is 0.385. The fourth-order valence-corrected chi connectivity index (χ4v) is 3.22. The van der Waals surface area contributed by atoms with Crippen molar-refractivity contribution in [3.63, 3.8) is 0 Å². The van der Waals surface area contributed by atoms with E-state index < -0.39 is 0 Å². The minimum atomic E-state index is 0.385. The van der Waals surface area contributed by atoms with Crippen LogP contribution in [-0.2, 0) is 4.79 Å². The number of rotatable bonds is 3. The predicted octanol–water partition coefficient (Wildman–Crippen LogP) is 1.52. The monoisotopic (exact) mass is 191 g/mol. The van der Waals surface area contributed by atoms with E-state index in [0.29, 0.717) is 29.6 Å². The van der Waals surface area contributed by atoms with Gasteiger partial charge in [-0.15, -0.1) is 0 Å². The number of ketones is 1. The molecule has 2 bridgehead atoms. The molecular formula is C12H17NO. The highest BCUT2D eigenvalue weighted by Gasteiger charge is 2.50. The first-order valence-electron chi connectivity index (χ1n) is 5.75. The Labute approximate surface area is 84.8 Å². The zero-order valence-electron chi connectivity index (χ0n) is 8.41. The molecule has 2 heterocycles. The van der Waals surface area contributed by atoms with Crippen molar-refractivity contribution in [1.29, 1.82) is 0 Å². The van der Waals surface area contributed by atoms with Crippen LogP contribution in [0, 0.1) is 17.8 Å². The maximum atomic E-state index is 12.0. The van der Waals surface area contributed by atoms with Crippen molar-refractivity contribution in [2.45, 2.75) is 31.7 Å². The van der Waals surface area contributed by atoms with Crippen molar-refractivity contribution in [3.05, 3.63) is 12.2 Å². The summed E-state index contributed by atoms with van der Waals surface area (Å²) < 4.78 is 0. The summed E-state index contributed by atoms with van der Waals surface area (Å²) in [5.74, 6) is 2.23. The van der Waals surface area contributed by atoms with Gasteiger partial charge in [0.25, 0.3) is 0 Å². The van der Waals surface area contributed by atoms with Crippen molar-refractivity contribution >= 4 is 5.78 Å². The van der Waals surface area contributed by atoms with E-state index in [9.17, 15) is 4.79 Å². The number of hydrogen-bond acceptors (Lipinski definition) is 2. The van der Waals surface area contributed by atoms with Crippen LogP contribution < -0.4 is 5.32 Å². The van der Waals surface area contributed by atoms with Gasteiger partial charge in [0.05, 0.1) is 0 Å². The maximum Gasteiger partial charge on any atom is 0.138 e. The summed E-state index contributed by atoms with van der Waals surface area (Å²) >= 11 is 0. The molecule has 0 spiro atoms. The summed E-state index contributed by atoms with van der Waals surface area (Å²) in [5.41, 5.74) is 0. The van der Waals surface area contributed by atoms with Crippen molar-refractivity contribution in [2.24, 2.45) is 17.8 Å². The SMILES string of the molecule is O=C(CC1CC=CC1)C1C2CNC1C2. The molecule has 76 valence electrons. The Bertz CT molecular complexity index is 262. The molecule has 4 aliphatic rings. The predicted molar refractivity (Wildman–Crippen MR) is 54.9 cm³/mol. The molecule has 2 aliphatic heterocycles. The van der Waals surface area contributed by atoms with Gasteiger partial charge in [0.1, 0.15) is 5.78 Å². The van der Waals surface area contributed by atoms with Gasteiger partial charge >= 0.3 is 0 Å². The Hall–Kier alpha value is -0.630. The molecular weight excluding hydrogens is 174 g/mol. The molecule has 0 radical (unpaired) electrons. The summed E-state index contributed by atoms with van der Waals surface area (Å²) in [6.45, 7) is 1.09. The van der Waals surface area contributed by atoms with Crippen molar-refractivity contribution in [3.8, 4) is 0 Å². The van der Waals surface area contributed by atoms with Crippen LogP contribution in [0.1, 0.15) is 25.7 Å². The van der Waals surface area contributed by atoms with Gasteiger partial charge in [-0.3, -0.25) is 4.79 Å². The van der Waals surface area contributed by atoms with E-state index in [4.69, 9.17) is 0 Å². The second kappa shape index (κ2) is 3.20. The van der Waals surface area contributed by atoms with Gasteiger partial charge < -0.3 is 5.32 Å². The van der Waals surface area contributed by atoms with Gasteiger partial charge in [-0.25, -0.2) is 0 Å². The van der Waals surface area contributed by atoms with Gasteiger partial charge in [-0.05, 0) is 37.6 Å². The van der Waals surface area contributed by atoms with Crippen LogP contribution in [0.5, 0.6) is 0 Å². The quantitative estimate of drug-likeness (QED) is 0.685. The first-order valence-corrected chi connectivity index (χ1v) is 5.75. The topological polar surface area (TPSA) is 29.1 Å². The summed E-state index contributed by atoms with van der Waals surface area (Å²) in [4.78, 5) is 12.0. The van der Waals surface area contributed by atoms with Crippen LogP contribution in [0.3, 0.4) is 0 Å². The Morgan fingerprint density at radius 1 is 1.36 bits per heavy atom. The van der Waals surface area contributed by atoms with Gasteiger partial charge in [-0.2, -0.15) is 0 Å². The Morgan fingerprint density at radius 2 is 2.14 bits per heavy atom. The Balaban J connectivity index is 1.56. The molecule has 2 nitrogen and oxygen atoms in total. The summed E-state index contributed by atoms with van der Waals surface area (Å²) in [5, 5.41) is 3.41. The lowest BCUT2D eigenvalue weighted by Crippen LogP contribution is -2.42. The second-order valence-corrected chi connectivity index (χ2v) is 5.02. The third-order valence-corrected chi connectivity index (χ3v) is 4.11. The molecule has 3 fully saturated rings. The number of carbonyl (C=O) groups excluding carboxylic acids is 1. The fourth-order valence-electron chi connectivity index (χ4n) is 3.22. The molecule has 0 amide bonds. The average molecular weight is 191 g/mol. The fraction of sp³-hybridized carbons (Fsp3) is 0.750. The van der Waals surface area contributed by atoms with E-state index in [-0.39, 0.29) is 0 Å². The van der Waals surface area contributed by atoms with Crippen LogP contribution in [0.25, 0.3) is 0 Å². The number of allylic oxidation sites excluding steroid dienone is 2. The number of nitrogens with one attached hydrogen (secondary N) is 1. The first kappa shape index (κ1) is 8.66. The smallest absolute Gasteiger partial charge is 0.138 e. The largest absolute Gasteiger partial charge is 0.313 e. The van der Waals surface area contributed by atoms with Gasteiger partial charge in [0.15, 0.2) is 0 Å². The van der Waals surface area contributed by atoms with Crippen LogP contribution in [0.4, 0.5) is 0 Å². The lowest BCUT2D eigenvalue weighted by molar-refractivity contribution is -0.127. The highest BCUT2D eigenvalue weighted by Crippen LogP contribution is 2.42. The number of carbonyl (C=O) groups is 1. The Morgan fingerprint density at radius 3 is 2.71 bits per heavy atom. The highest BCUT2D eigenvalue weighted by atomic mass is 16.1. The zero-order chi connectivity index (χ0) is 9.54. The molecule has 2 heteroatoms. The second-order valence-electron chi connectivity index (χ2n) is 5.02. The van der Waals surface area contributed by atoms with E-state index >= 15 is 0 Å². The van der Waals surface area contributed by atoms with Crippen molar-refractivity contribution in [1.82, 2.24) is 5.32 Å². The van der Waals surface area contributed by atoms with Gasteiger partial charge in [-0.1, -0.05) is 12.2 Å². The minimum Gasteiger partial charge on any atom is -0.313 e. The van der Waals surface area contributed by atoms with Crippen molar-refractivity contribution in [2.75, 3.05) is 6.54 Å². The highest BCUT2D eigenvalue weighted by molar-refractivity contribution is 5.83. The Kier molecular flexibility index (Phi) is 1.98. The molecule has 0 aromatic carbocycles. The average Bonchev–Trinajstić information content (AvgIpc) is 2.77. The van der Waals surface area contributed by atoms with Crippen LogP contribution in [-0.4, -0.2) is 18.4 Å². The van der Waals surface area contributed by atoms with Gasteiger partial charge in [0.2, 0.25) is 0 Å². The summed E-state index contributed by atoms with van der Waals surface area (Å²) in [6.07, 6.45) is 8.76. The van der Waals surface area contributed by atoms with Gasteiger partial charge in [0, 0.05) is 18.4 Å². The lowest BCUT2D eigenvalue weighted by Gasteiger charge is -2.33. The molecule has 1 N–H and O–H groups in total. The van der Waals surface area contributed by atoms with Crippen LogP contribution in [0.2, 0.25) is 0 Å². The molecule has 0 aromatic rings. The maximum absolute atomic E-state index is 12.0. The molecule has 3 unspecified atom stereocenters.